The molecule has 6 rings (SSSR count). The lowest BCUT2D eigenvalue weighted by molar-refractivity contribution is 0.103. The summed E-state index contributed by atoms with van der Waals surface area (Å²) in [5, 5.41) is 2.45. The van der Waals surface area contributed by atoms with Crippen molar-refractivity contribution in [1.82, 2.24) is 4.57 Å². The number of halogens is 2. The number of ketones is 1. The molecule has 0 fully saturated rings. The molecule has 5 aromatic carbocycles. The molecule has 0 saturated heterocycles. The molecule has 0 spiro atoms. The summed E-state index contributed by atoms with van der Waals surface area (Å²) in [4.78, 5) is 12.5. The summed E-state index contributed by atoms with van der Waals surface area (Å²) < 4.78 is 36.1. The molecule has 0 unspecified atom stereocenters. The molecule has 1 aromatic heterocycles. The van der Waals surface area contributed by atoms with E-state index in [1.54, 1.807) is 12.1 Å². The Kier molecular flexibility index (Phi) is 6.64. The molecule has 39 heavy (non-hydrogen) atoms. The van der Waals surface area contributed by atoms with Gasteiger partial charge in [0, 0.05) is 22.0 Å². The van der Waals surface area contributed by atoms with Gasteiger partial charge in [0.15, 0.2) is 5.78 Å². The van der Waals surface area contributed by atoms with Crippen LogP contribution in [0.1, 0.15) is 27.9 Å². The fraction of sp³-hybridized carbons (Fsp3) is 0.0882. The Morgan fingerprint density at radius 3 is 1.87 bits per heavy atom. The molecule has 6 aromatic rings. The Morgan fingerprint density at radius 1 is 0.667 bits per heavy atom. The molecule has 1 heterocycles. The molecule has 0 amide bonds. The lowest BCUT2D eigenvalue weighted by Gasteiger charge is -2.10. The van der Waals surface area contributed by atoms with Crippen LogP contribution in [-0.4, -0.2) is 17.0 Å². The number of hydrogen-bond acceptors (Lipinski definition) is 2. The molecule has 0 aliphatic heterocycles. The summed E-state index contributed by atoms with van der Waals surface area (Å²) >= 11 is 0. The third kappa shape index (κ3) is 4.79. The normalized spacial score (nSPS) is 11.2. The van der Waals surface area contributed by atoms with Gasteiger partial charge in [0.2, 0.25) is 0 Å². The summed E-state index contributed by atoms with van der Waals surface area (Å²) in [5.41, 5.74) is 4.15. The molecule has 0 atom stereocenters. The van der Waals surface area contributed by atoms with Gasteiger partial charge in [0.05, 0.1) is 23.2 Å². The van der Waals surface area contributed by atoms with Crippen LogP contribution in [0.5, 0.6) is 5.75 Å². The van der Waals surface area contributed by atoms with Gasteiger partial charge in [-0.25, -0.2) is 8.78 Å². The largest absolute Gasteiger partial charge is 0.494 e. The van der Waals surface area contributed by atoms with Gasteiger partial charge < -0.3 is 9.30 Å². The molecule has 0 saturated carbocycles. The van der Waals surface area contributed by atoms with Crippen molar-refractivity contribution in [1.29, 1.82) is 0 Å². The summed E-state index contributed by atoms with van der Waals surface area (Å²) in [7, 11) is 0. The van der Waals surface area contributed by atoms with Gasteiger partial charge in [-0.1, -0.05) is 66.7 Å². The van der Waals surface area contributed by atoms with Gasteiger partial charge in [-0.2, -0.15) is 0 Å². The second-order valence-electron chi connectivity index (χ2n) is 9.44. The number of hydrogen-bond donors (Lipinski definition) is 0. The predicted molar refractivity (Wildman–Crippen MR) is 151 cm³/mol. The Bertz CT molecular complexity index is 1710. The number of rotatable bonds is 8. The first-order chi connectivity index (χ1) is 19.1. The number of nitrogens with zero attached hydrogens (tertiary/aromatic N) is 1. The smallest absolute Gasteiger partial charge is 0.198 e. The van der Waals surface area contributed by atoms with Crippen molar-refractivity contribution in [2.24, 2.45) is 0 Å². The van der Waals surface area contributed by atoms with Gasteiger partial charge in [-0.3, -0.25) is 4.79 Å². The Labute approximate surface area is 224 Å². The third-order valence-corrected chi connectivity index (χ3v) is 6.96. The zero-order valence-electron chi connectivity index (χ0n) is 21.1. The standard InChI is InChI=1S/C34H25F2NO2/c35-29-10-5-11-30(36)33(29)34(38)24-16-14-23(15-17-24)7-6-22-39-26-20-18-25(19-21-26)37-31-12-3-1-8-27(31)28-9-2-4-13-32(28)37/h1-5,8-21H,6-7,22H2. The van der Waals surface area contributed by atoms with Gasteiger partial charge in [-0.05, 0) is 66.9 Å². The SMILES string of the molecule is O=C(c1ccc(CCCOc2ccc(-n3c4ccccc4c4ccccc43)cc2)cc1)c1c(F)cccc1F. The van der Waals surface area contributed by atoms with E-state index >= 15 is 0 Å². The van der Waals surface area contributed by atoms with E-state index in [0.29, 0.717) is 6.61 Å². The number of fused-ring (bicyclic) bond motifs is 3. The van der Waals surface area contributed by atoms with E-state index in [2.05, 4.69) is 65.2 Å². The molecule has 0 aliphatic rings. The van der Waals surface area contributed by atoms with Crippen LogP contribution in [0.25, 0.3) is 27.5 Å². The number of benzene rings is 5. The molecular weight excluding hydrogens is 492 g/mol. The highest BCUT2D eigenvalue weighted by Crippen LogP contribution is 2.32. The van der Waals surface area contributed by atoms with Crippen molar-refractivity contribution < 1.29 is 18.3 Å². The average molecular weight is 518 g/mol. The van der Waals surface area contributed by atoms with Gasteiger partial charge in [0.1, 0.15) is 17.4 Å². The molecule has 3 nitrogen and oxygen atoms in total. The van der Waals surface area contributed by atoms with Crippen molar-refractivity contribution in [2.45, 2.75) is 12.8 Å². The van der Waals surface area contributed by atoms with E-state index in [1.807, 2.05) is 24.3 Å². The van der Waals surface area contributed by atoms with E-state index < -0.39 is 23.0 Å². The van der Waals surface area contributed by atoms with Crippen LogP contribution in [0, 0.1) is 11.6 Å². The third-order valence-electron chi connectivity index (χ3n) is 6.96. The van der Waals surface area contributed by atoms with Crippen LogP contribution in [0.3, 0.4) is 0 Å². The zero-order chi connectivity index (χ0) is 26.8. The predicted octanol–water partition coefficient (Wildman–Crippen LogP) is 8.30. The number of aryl methyl sites for hydroxylation is 1. The van der Waals surface area contributed by atoms with E-state index in [1.165, 1.54) is 27.9 Å². The Morgan fingerprint density at radius 2 is 1.26 bits per heavy atom. The fourth-order valence-corrected chi connectivity index (χ4v) is 5.04. The van der Waals surface area contributed by atoms with Crippen LogP contribution in [0.2, 0.25) is 0 Å². The maximum atomic E-state index is 14.0. The van der Waals surface area contributed by atoms with Gasteiger partial charge >= 0.3 is 0 Å². The van der Waals surface area contributed by atoms with Crippen molar-refractivity contribution in [2.75, 3.05) is 6.61 Å². The van der Waals surface area contributed by atoms with Crippen LogP contribution in [0.15, 0.2) is 115 Å². The molecule has 0 N–H and O–H groups in total. The Hall–Kier alpha value is -4.77. The lowest BCUT2D eigenvalue weighted by Crippen LogP contribution is -2.07. The highest BCUT2D eigenvalue weighted by Gasteiger charge is 2.18. The first-order valence-electron chi connectivity index (χ1n) is 12.9. The van der Waals surface area contributed by atoms with Crippen molar-refractivity contribution in [3.8, 4) is 11.4 Å². The summed E-state index contributed by atoms with van der Waals surface area (Å²) in [5.74, 6) is -1.58. The summed E-state index contributed by atoms with van der Waals surface area (Å²) in [6.45, 7) is 0.538. The second-order valence-corrected chi connectivity index (χ2v) is 9.44. The monoisotopic (exact) mass is 517 g/mol. The van der Waals surface area contributed by atoms with Crippen molar-refractivity contribution in [3.63, 3.8) is 0 Å². The summed E-state index contributed by atoms with van der Waals surface area (Å²) in [6, 6.07) is 35.2. The quantitative estimate of drug-likeness (QED) is 0.150. The van der Waals surface area contributed by atoms with Gasteiger partial charge in [0.25, 0.3) is 0 Å². The van der Waals surface area contributed by atoms with Crippen molar-refractivity contribution >= 4 is 27.6 Å². The first kappa shape index (κ1) is 24.6. The van der Waals surface area contributed by atoms with Crippen LogP contribution in [-0.2, 0) is 6.42 Å². The highest BCUT2D eigenvalue weighted by atomic mass is 19.1. The molecule has 5 heteroatoms. The molecule has 0 aliphatic carbocycles. The zero-order valence-corrected chi connectivity index (χ0v) is 21.1. The molecule has 0 bridgehead atoms. The van der Waals surface area contributed by atoms with Crippen LogP contribution in [0.4, 0.5) is 8.78 Å². The fourth-order valence-electron chi connectivity index (χ4n) is 5.04. The number of carbonyl (C=O) groups excluding carboxylic acids is 1. The topological polar surface area (TPSA) is 31.2 Å². The maximum Gasteiger partial charge on any atom is 0.198 e. The number of para-hydroxylation sites is 2. The average Bonchev–Trinajstić information content (AvgIpc) is 3.30. The Balaban J connectivity index is 1.08. The second kappa shape index (κ2) is 10.5. The van der Waals surface area contributed by atoms with Crippen LogP contribution >= 0.6 is 0 Å². The summed E-state index contributed by atoms with van der Waals surface area (Å²) in [6.07, 6.45) is 1.53. The van der Waals surface area contributed by atoms with E-state index in [0.717, 1.165) is 42.0 Å². The highest BCUT2D eigenvalue weighted by molar-refractivity contribution is 6.10. The molecule has 0 radical (unpaired) electrons. The maximum absolute atomic E-state index is 14.0. The van der Waals surface area contributed by atoms with E-state index in [-0.39, 0.29) is 5.56 Å². The first-order valence-corrected chi connectivity index (χ1v) is 12.9. The van der Waals surface area contributed by atoms with E-state index in [9.17, 15) is 13.6 Å². The molecule has 192 valence electrons. The minimum absolute atomic E-state index is 0.252. The lowest BCUT2D eigenvalue weighted by atomic mass is 10.00. The molecular formula is C34H25F2NO2. The minimum Gasteiger partial charge on any atom is -0.494 e. The van der Waals surface area contributed by atoms with Crippen molar-refractivity contribution in [3.05, 3.63) is 144 Å². The number of aromatic nitrogens is 1. The van der Waals surface area contributed by atoms with Crippen LogP contribution < -0.4 is 4.74 Å². The minimum atomic E-state index is -0.857. The number of carbonyl (C=O) groups is 1. The van der Waals surface area contributed by atoms with E-state index in [4.69, 9.17) is 4.74 Å². The van der Waals surface area contributed by atoms with Gasteiger partial charge in [-0.15, -0.1) is 0 Å². The number of ether oxygens (including phenoxy) is 1.